The number of rotatable bonds is 7. The highest BCUT2D eigenvalue weighted by atomic mass is 16.5. The van der Waals surface area contributed by atoms with Crippen molar-refractivity contribution in [2.75, 3.05) is 20.3 Å². The van der Waals surface area contributed by atoms with Crippen LogP contribution in [0.4, 0.5) is 0 Å². The second-order valence-electron chi connectivity index (χ2n) is 4.98. The molecule has 0 aromatic heterocycles. The van der Waals surface area contributed by atoms with Gasteiger partial charge in [-0.15, -0.1) is 0 Å². The van der Waals surface area contributed by atoms with Crippen LogP contribution in [0.5, 0.6) is 0 Å². The van der Waals surface area contributed by atoms with Gasteiger partial charge in [0.1, 0.15) is 0 Å². The molecule has 0 spiro atoms. The maximum Gasteiger partial charge on any atom is 0.251 e. The van der Waals surface area contributed by atoms with Crippen molar-refractivity contribution in [3.63, 3.8) is 0 Å². The van der Waals surface area contributed by atoms with Crippen LogP contribution in [0.3, 0.4) is 0 Å². The lowest BCUT2D eigenvalue weighted by molar-refractivity contribution is 0.0865. The molecule has 0 aliphatic carbocycles. The monoisotopic (exact) mass is 264 g/mol. The van der Waals surface area contributed by atoms with Gasteiger partial charge in [-0.05, 0) is 30.5 Å². The largest absolute Gasteiger partial charge is 0.383 e. The third-order valence-electron chi connectivity index (χ3n) is 3.14. The topological polar surface area (TPSA) is 64.3 Å². The van der Waals surface area contributed by atoms with Crippen molar-refractivity contribution in [2.24, 2.45) is 11.7 Å². The highest BCUT2D eigenvalue weighted by Gasteiger charge is 2.18. The van der Waals surface area contributed by atoms with Gasteiger partial charge < -0.3 is 15.8 Å². The van der Waals surface area contributed by atoms with E-state index in [1.165, 1.54) is 0 Å². The molecule has 0 saturated heterocycles. The van der Waals surface area contributed by atoms with E-state index in [1.807, 2.05) is 24.3 Å². The Hall–Kier alpha value is -1.39. The van der Waals surface area contributed by atoms with Gasteiger partial charge in [0.05, 0.1) is 12.6 Å². The lowest BCUT2D eigenvalue weighted by Gasteiger charge is -2.22. The molecule has 0 bridgehead atoms. The van der Waals surface area contributed by atoms with Gasteiger partial charge in [0.15, 0.2) is 0 Å². The van der Waals surface area contributed by atoms with Crippen LogP contribution in [0.2, 0.25) is 0 Å². The molecule has 1 aromatic rings. The van der Waals surface area contributed by atoms with Crippen molar-refractivity contribution >= 4 is 5.91 Å². The molecule has 1 unspecified atom stereocenters. The summed E-state index contributed by atoms with van der Waals surface area (Å²) in [5.41, 5.74) is 7.27. The van der Waals surface area contributed by atoms with Gasteiger partial charge >= 0.3 is 0 Å². The summed E-state index contributed by atoms with van der Waals surface area (Å²) >= 11 is 0. The predicted molar refractivity (Wildman–Crippen MR) is 77.2 cm³/mol. The van der Waals surface area contributed by atoms with Crippen LogP contribution in [0.15, 0.2) is 24.3 Å². The molecule has 1 rings (SSSR count). The first-order valence-corrected chi connectivity index (χ1v) is 6.68. The molecule has 0 fully saturated rings. The molecule has 4 heteroatoms. The molecule has 0 radical (unpaired) electrons. The number of nitrogens with two attached hydrogens (primary N) is 1. The summed E-state index contributed by atoms with van der Waals surface area (Å²) < 4.78 is 5.15. The smallest absolute Gasteiger partial charge is 0.251 e. The van der Waals surface area contributed by atoms with E-state index in [0.29, 0.717) is 31.1 Å². The van der Waals surface area contributed by atoms with Crippen LogP contribution in [0.25, 0.3) is 0 Å². The van der Waals surface area contributed by atoms with E-state index in [4.69, 9.17) is 10.5 Å². The van der Waals surface area contributed by atoms with Gasteiger partial charge in [0, 0.05) is 12.7 Å². The summed E-state index contributed by atoms with van der Waals surface area (Å²) in [6.45, 7) is 5.18. The summed E-state index contributed by atoms with van der Waals surface area (Å²) in [6, 6.07) is 7.60. The van der Waals surface area contributed by atoms with Gasteiger partial charge in [0.2, 0.25) is 0 Å². The standard InChI is InChI=1S/C15H24N2O2/c1-11(2)14(10-19-3)17-15(18)13-7-5-4-6-12(13)8-9-16/h4-7,11,14H,8-10,16H2,1-3H3,(H,17,18). The van der Waals surface area contributed by atoms with Crippen molar-refractivity contribution in [3.8, 4) is 0 Å². The molecular weight excluding hydrogens is 240 g/mol. The molecule has 1 aromatic carbocycles. The number of benzene rings is 1. The molecule has 1 atom stereocenters. The first-order valence-electron chi connectivity index (χ1n) is 6.68. The normalized spacial score (nSPS) is 12.5. The zero-order valence-electron chi connectivity index (χ0n) is 12.0. The lowest BCUT2D eigenvalue weighted by Crippen LogP contribution is -2.42. The van der Waals surface area contributed by atoms with E-state index in [-0.39, 0.29) is 11.9 Å². The Morgan fingerprint density at radius 1 is 1.37 bits per heavy atom. The predicted octanol–water partition coefficient (Wildman–Crippen LogP) is 1.59. The molecule has 0 aliphatic rings. The second kappa shape index (κ2) is 7.92. The molecule has 4 nitrogen and oxygen atoms in total. The van der Waals surface area contributed by atoms with E-state index in [9.17, 15) is 4.79 Å². The summed E-state index contributed by atoms with van der Waals surface area (Å²) in [4.78, 5) is 12.3. The minimum Gasteiger partial charge on any atom is -0.383 e. The Bertz CT molecular complexity index is 405. The van der Waals surface area contributed by atoms with E-state index >= 15 is 0 Å². The molecule has 0 aliphatic heterocycles. The number of carbonyl (C=O) groups excluding carboxylic acids is 1. The average Bonchev–Trinajstić information content (AvgIpc) is 2.39. The zero-order valence-corrected chi connectivity index (χ0v) is 12.0. The van der Waals surface area contributed by atoms with E-state index in [2.05, 4.69) is 19.2 Å². The Balaban J connectivity index is 2.81. The minimum atomic E-state index is -0.0557. The average molecular weight is 264 g/mol. The lowest BCUT2D eigenvalue weighted by atomic mass is 10.0. The summed E-state index contributed by atoms with van der Waals surface area (Å²) in [5.74, 6) is 0.269. The number of carbonyl (C=O) groups is 1. The van der Waals surface area contributed by atoms with Crippen molar-refractivity contribution in [3.05, 3.63) is 35.4 Å². The van der Waals surface area contributed by atoms with E-state index in [0.717, 1.165) is 5.56 Å². The van der Waals surface area contributed by atoms with Gasteiger partial charge in [-0.1, -0.05) is 32.0 Å². The van der Waals surface area contributed by atoms with Crippen molar-refractivity contribution in [1.29, 1.82) is 0 Å². The fraction of sp³-hybridized carbons (Fsp3) is 0.533. The molecular formula is C15H24N2O2. The maximum absolute atomic E-state index is 12.3. The van der Waals surface area contributed by atoms with Crippen LogP contribution < -0.4 is 11.1 Å². The van der Waals surface area contributed by atoms with E-state index in [1.54, 1.807) is 7.11 Å². The Morgan fingerprint density at radius 2 is 2.05 bits per heavy atom. The van der Waals surface area contributed by atoms with Crippen LogP contribution in [-0.2, 0) is 11.2 Å². The molecule has 1 amide bonds. The third-order valence-corrected chi connectivity index (χ3v) is 3.14. The fourth-order valence-electron chi connectivity index (χ4n) is 1.94. The molecule has 19 heavy (non-hydrogen) atoms. The SMILES string of the molecule is COCC(NC(=O)c1ccccc1CCN)C(C)C. The number of amides is 1. The van der Waals surface area contributed by atoms with Gasteiger partial charge in [-0.2, -0.15) is 0 Å². The van der Waals surface area contributed by atoms with Gasteiger partial charge in [-0.25, -0.2) is 0 Å². The molecule has 0 heterocycles. The highest BCUT2D eigenvalue weighted by Crippen LogP contribution is 2.11. The van der Waals surface area contributed by atoms with Crippen LogP contribution in [0, 0.1) is 5.92 Å². The van der Waals surface area contributed by atoms with E-state index < -0.39 is 0 Å². The number of ether oxygens (including phenoxy) is 1. The molecule has 0 saturated carbocycles. The minimum absolute atomic E-state index is 0.0171. The van der Waals surface area contributed by atoms with Crippen molar-refractivity contribution in [2.45, 2.75) is 26.3 Å². The zero-order chi connectivity index (χ0) is 14.3. The summed E-state index contributed by atoms with van der Waals surface area (Å²) in [5, 5.41) is 3.03. The summed E-state index contributed by atoms with van der Waals surface area (Å²) in [6.07, 6.45) is 0.709. The van der Waals surface area contributed by atoms with Crippen LogP contribution in [0.1, 0.15) is 29.8 Å². The number of nitrogens with one attached hydrogen (secondary N) is 1. The van der Waals surface area contributed by atoms with Crippen molar-refractivity contribution < 1.29 is 9.53 Å². The van der Waals surface area contributed by atoms with Gasteiger partial charge in [0.25, 0.3) is 5.91 Å². The van der Waals surface area contributed by atoms with Gasteiger partial charge in [-0.3, -0.25) is 4.79 Å². The Kier molecular flexibility index (Phi) is 6.53. The number of hydrogen-bond donors (Lipinski definition) is 2. The quantitative estimate of drug-likeness (QED) is 0.786. The molecule has 106 valence electrons. The number of methoxy groups -OCH3 is 1. The van der Waals surface area contributed by atoms with Crippen LogP contribution >= 0.6 is 0 Å². The van der Waals surface area contributed by atoms with Crippen molar-refractivity contribution in [1.82, 2.24) is 5.32 Å². The first kappa shape index (κ1) is 15.7. The number of hydrogen-bond acceptors (Lipinski definition) is 3. The fourth-order valence-corrected chi connectivity index (χ4v) is 1.94. The first-order chi connectivity index (χ1) is 9.10. The highest BCUT2D eigenvalue weighted by molar-refractivity contribution is 5.95. The maximum atomic E-state index is 12.3. The second-order valence-corrected chi connectivity index (χ2v) is 4.98. The van der Waals surface area contributed by atoms with Crippen LogP contribution in [-0.4, -0.2) is 32.2 Å². The Morgan fingerprint density at radius 3 is 2.63 bits per heavy atom. The summed E-state index contributed by atoms with van der Waals surface area (Å²) in [7, 11) is 1.64. The third kappa shape index (κ3) is 4.65. The Labute approximate surface area is 115 Å². The molecule has 3 N–H and O–H groups in total.